The normalized spacial score (nSPS) is 11.0. The van der Waals surface area contributed by atoms with Crippen LogP contribution in [0.3, 0.4) is 0 Å². The maximum atomic E-state index is 12.7. The van der Waals surface area contributed by atoms with Gasteiger partial charge in [-0.3, -0.25) is 14.4 Å². The van der Waals surface area contributed by atoms with Crippen LogP contribution in [0, 0.1) is 0 Å². The van der Waals surface area contributed by atoms with Crippen molar-refractivity contribution in [2.75, 3.05) is 5.32 Å². The van der Waals surface area contributed by atoms with Crippen LogP contribution < -0.4 is 16.4 Å². The molecule has 2 N–H and O–H groups in total. The van der Waals surface area contributed by atoms with Gasteiger partial charge in [0.15, 0.2) is 0 Å². The summed E-state index contributed by atoms with van der Waals surface area (Å²) in [6, 6.07) is 9.93. The molecular weight excluding hydrogens is 394 g/mol. The summed E-state index contributed by atoms with van der Waals surface area (Å²) in [6.07, 6.45) is 5.05. The first kappa shape index (κ1) is 18.7. The molecule has 0 saturated carbocycles. The Kier molecular flexibility index (Phi) is 4.77. The lowest BCUT2D eigenvalue weighted by Crippen LogP contribution is -2.36. The fourth-order valence-corrected chi connectivity index (χ4v) is 3.41. The van der Waals surface area contributed by atoms with E-state index in [9.17, 15) is 14.4 Å². The largest absolute Gasteiger partial charge is 0.322 e. The zero-order valence-corrected chi connectivity index (χ0v) is 16.1. The highest BCUT2D eigenvalue weighted by Gasteiger charge is 2.12. The van der Waals surface area contributed by atoms with Gasteiger partial charge in [0.2, 0.25) is 0 Å². The molecule has 0 saturated heterocycles. The van der Waals surface area contributed by atoms with Crippen molar-refractivity contribution in [3.05, 3.63) is 86.4 Å². The molecule has 0 aliphatic carbocycles. The van der Waals surface area contributed by atoms with Crippen molar-refractivity contribution in [3.8, 4) is 5.69 Å². The summed E-state index contributed by atoms with van der Waals surface area (Å²) in [5.74, 6) is -0.367. The van der Waals surface area contributed by atoms with Gasteiger partial charge >= 0.3 is 11.1 Å². The summed E-state index contributed by atoms with van der Waals surface area (Å²) in [6.45, 7) is 2.13. The second-order valence-electron chi connectivity index (χ2n) is 6.33. The Labute approximate surface area is 169 Å². The van der Waals surface area contributed by atoms with Gasteiger partial charge in [0.1, 0.15) is 0 Å². The lowest BCUT2D eigenvalue weighted by Gasteiger charge is -2.11. The van der Waals surface area contributed by atoms with E-state index in [0.717, 1.165) is 5.69 Å². The topological polar surface area (TPSA) is 102 Å². The highest BCUT2D eigenvalue weighted by molar-refractivity contribution is 6.32. The van der Waals surface area contributed by atoms with Crippen molar-refractivity contribution in [2.45, 2.75) is 13.5 Å². The number of anilines is 1. The number of amides is 1. The van der Waals surface area contributed by atoms with Crippen LogP contribution >= 0.6 is 11.6 Å². The number of aryl methyl sites for hydroxylation is 1. The number of rotatable bonds is 4. The van der Waals surface area contributed by atoms with E-state index in [1.807, 2.05) is 0 Å². The van der Waals surface area contributed by atoms with E-state index in [-0.39, 0.29) is 5.91 Å². The van der Waals surface area contributed by atoms with E-state index in [4.69, 9.17) is 11.6 Å². The molecule has 8 nitrogen and oxygen atoms in total. The summed E-state index contributed by atoms with van der Waals surface area (Å²) in [4.78, 5) is 43.0. The summed E-state index contributed by atoms with van der Waals surface area (Å²) in [7, 11) is 0. The van der Waals surface area contributed by atoms with Crippen molar-refractivity contribution < 1.29 is 4.79 Å². The van der Waals surface area contributed by atoms with Gasteiger partial charge < -0.3 is 19.4 Å². The Bertz CT molecular complexity index is 1340. The van der Waals surface area contributed by atoms with Gasteiger partial charge in [-0.15, -0.1) is 0 Å². The molecular formula is C20H16ClN5O3. The van der Waals surface area contributed by atoms with Crippen LogP contribution in [0.2, 0.25) is 5.02 Å². The van der Waals surface area contributed by atoms with Crippen molar-refractivity contribution in [1.82, 2.24) is 19.1 Å². The monoisotopic (exact) mass is 409 g/mol. The van der Waals surface area contributed by atoms with Crippen LogP contribution in [-0.4, -0.2) is 25.0 Å². The van der Waals surface area contributed by atoms with Gasteiger partial charge in [-0.05, 0) is 43.3 Å². The van der Waals surface area contributed by atoms with E-state index in [1.165, 1.54) is 4.57 Å². The second kappa shape index (κ2) is 7.40. The number of imidazole rings is 1. The third kappa shape index (κ3) is 3.45. The van der Waals surface area contributed by atoms with E-state index in [0.29, 0.717) is 33.9 Å². The van der Waals surface area contributed by atoms with E-state index < -0.39 is 11.1 Å². The van der Waals surface area contributed by atoms with Crippen molar-refractivity contribution in [1.29, 1.82) is 0 Å². The Morgan fingerprint density at radius 1 is 1.21 bits per heavy atom. The first-order valence-electron chi connectivity index (χ1n) is 8.84. The average molecular weight is 410 g/mol. The highest BCUT2D eigenvalue weighted by Crippen LogP contribution is 2.24. The third-order valence-electron chi connectivity index (χ3n) is 4.54. The summed E-state index contributed by atoms with van der Waals surface area (Å²) in [5.41, 5.74) is 1.23. The lowest BCUT2D eigenvalue weighted by atomic mass is 10.1. The molecule has 0 atom stereocenters. The van der Waals surface area contributed by atoms with Crippen molar-refractivity contribution in [2.24, 2.45) is 0 Å². The van der Waals surface area contributed by atoms with Crippen molar-refractivity contribution >= 4 is 34.2 Å². The molecule has 0 spiro atoms. The number of nitrogens with one attached hydrogen (secondary N) is 2. The molecule has 2 aromatic carbocycles. The molecule has 2 heterocycles. The minimum atomic E-state index is -0.723. The third-order valence-corrected chi connectivity index (χ3v) is 4.84. The number of nitrogens with zero attached hydrogens (tertiary/aromatic N) is 3. The number of fused-ring (bicyclic) bond motifs is 1. The number of carbonyl (C=O) groups excluding carboxylic acids is 1. The standard InChI is InChI=1S/C20H16ClN5O3/c1-2-26-17-5-3-12(9-15(17)24-19(28)20(26)29)18(27)23-13-4-6-16(14(21)10-13)25-8-7-22-11-25/h3-11H,2H2,1H3,(H,23,27)(H,24,28). The number of aromatic nitrogens is 4. The molecule has 0 aliphatic rings. The number of hydrogen-bond donors (Lipinski definition) is 2. The lowest BCUT2D eigenvalue weighted by molar-refractivity contribution is 0.102. The van der Waals surface area contributed by atoms with Gasteiger partial charge in [-0.1, -0.05) is 11.6 Å². The second-order valence-corrected chi connectivity index (χ2v) is 6.73. The highest BCUT2D eigenvalue weighted by atomic mass is 35.5. The molecule has 4 aromatic rings. The van der Waals surface area contributed by atoms with Gasteiger partial charge in [-0.25, -0.2) is 4.98 Å². The number of carbonyl (C=O) groups is 1. The molecule has 0 radical (unpaired) electrons. The Hall–Kier alpha value is -3.65. The molecule has 0 aliphatic heterocycles. The minimum absolute atomic E-state index is 0.337. The zero-order valence-electron chi connectivity index (χ0n) is 15.3. The molecule has 2 aromatic heterocycles. The summed E-state index contributed by atoms with van der Waals surface area (Å²) < 4.78 is 3.13. The molecule has 1 amide bonds. The Morgan fingerprint density at radius 2 is 2.03 bits per heavy atom. The number of H-pyrrole nitrogens is 1. The fraction of sp³-hybridized carbons (Fsp3) is 0.100. The van der Waals surface area contributed by atoms with Gasteiger partial charge in [0, 0.05) is 30.2 Å². The molecule has 146 valence electrons. The first-order chi connectivity index (χ1) is 14.0. The van der Waals surface area contributed by atoms with Crippen LogP contribution in [0.1, 0.15) is 17.3 Å². The van der Waals surface area contributed by atoms with Crippen LogP contribution in [0.4, 0.5) is 5.69 Å². The number of aromatic amines is 1. The Balaban J connectivity index is 1.64. The Morgan fingerprint density at radius 3 is 2.72 bits per heavy atom. The molecule has 4 rings (SSSR count). The zero-order chi connectivity index (χ0) is 20.5. The van der Waals surface area contributed by atoms with E-state index in [1.54, 1.807) is 66.6 Å². The number of benzene rings is 2. The number of halogens is 1. The predicted molar refractivity (Wildman–Crippen MR) is 111 cm³/mol. The predicted octanol–water partition coefficient (Wildman–Crippen LogP) is 2.80. The van der Waals surface area contributed by atoms with Gasteiger partial charge in [-0.2, -0.15) is 0 Å². The van der Waals surface area contributed by atoms with E-state index in [2.05, 4.69) is 15.3 Å². The molecule has 0 bridgehead atoms. The molecule has 9 heteroatoms. The van der Waals surface area contributed by atoms with E-state index >= 15 is 0 Å². The summed E-state index contributed by atoms with van der Waals surface area (Å²) >= 11 is 6.32. The average Bonchev–Trinajstić information content (AvgIpc) is 3.23. The fourth-order valence-electron chi connectivity index (χ4n) is 3.13. The van der Waals surface area contributed by atoms with Gasteiger partial charge in [0.25, 0.3) is 5.91 Å². The first-order valence-corrected chi connectivity index (χ1v) is 9.22. The summed E-state index contributed by atoms with van der Waals surface area (Å²) in [5, 5.41) is 3.24. The van der Waals surface area contributed by atoms with Crippen LogP contribution in [-0.2, 0) is 6.54 Å². The van der Waals surface area contributed by atoms with Gasteiger partial charge in [0.05, 0.1) is 28.1 Å². The molecule has 0 unspecified atom stereocenters. The SMILES string of the molecule is CCn1c(=O)c(=O)[nH]c2cc(C(=O)Nc3ccc(-n4ccnc4)c(Cl)c3)ccc21. The van der Waals surface area contributed by atoms with Crippen LogP contribution in [0.15, 0.2) is 64.7 Å². The smallest absolute Gasteiger partial charge is 0.316 e. The van der Waals surface area contributed by atoms with Crippen LogP contribution in [0.25, 0.3) is 16.7 Å². The quantitative estimate of drug-likeness (QED) is 0.506. The number of hydrogen-bond acceptors (Lipinski definition) is 4. The maximum Gasteiger partial charge on any atom is 0.316 e. The minimum Gasteiger partial charge on any atom is -0.322 e. The molecule has 29 heavy (non-hydrogen) atoms. The molecule has 0 fully saturated rings. The van der Waals surface area contributed by atoms with Crippen molar-refractivity contribution in [3.63, 3.8) is 0 Å². The van der Waals surface area contributed by atoms with Crippen LogP contribution in [0.5, 0.6) is 0 Å². The maximum absolute atomic E-state index is 12.7.